The lowest BCUT2D eigenvalue weighted by atomic mass is 9.94. The Balaban J connectivity index is 2.63. The summed E-state index contributed by atoms with van der Waals surface area (Å²) in [7, 11) is 0. The van der Waals surface area contributed by atoms with E-state index in [2.05, 4.69) is 0 Å². The van der Waals surface area contributed by atoms with Gasteiger partial charge in [-0.1, -0.05) is 43.7 Å². The van der Waals surface area contributed by atoms with E-state index in [0.29, 0.717) is 35.6 Å². The second kappa shape index (κ2) is 10.0. The maximum atomic E-state index is 12.4. The molecule has 0 aromatic heterocycles. The summed E-state index contributed by atoms with van der Waals surface area (Å²) < 4.78 is 5.46. The fourth-order valence-electron chi connectivity index (χ4n) is 2.89. The van der Waals surface area contributed by atoms with Crippen LogP contribution in [-0.4, -0.2) is 39.2 Å². The molecule has 0 aliphatic carbocycles. The Morgan fingerprint density at radius 3 is 2.17 bits per heavy atom. The summed E-state index contributed by atoms with van der Waals surface area (Å²) in [6.45, 7) is 1.86. The first-order valence-corrected chi connectivity index (χ1v) is 9.04. The lowest BCUT2D eigenvalue weighted by Crippen LogP contribution is -2.06. The van der Waals surface area contributed by atoms with Crippen molar-refractivity contribution in [1.82, 2.24) is 0 Å². The van der Waals surface area contributed by atoms with Crippen LogP contribution in [0.5, 0.6) is 0 Å². The zero-order valence-corrected chi connectivity index (χ0v) is 16.1. The van der Waals surface area contributed by atoms with Crippen LogP contribution in [0.25, 0.3) is 0 Å². The Hall–Kier alpha value is -3.94. The molecule has 0 amide bonds. The van der Waals surface area contributed by atoms with Crippen LogP contribution < -0.4 is 0 Å². The zero-order chi connectivity index (χ0) is 22.3. The molecule has 30 heavy (non-hydrogen) atoms. The molecule has 1 unspecified atom stereocenters. The maximum absolute atomic E-state index is 12.4. The van der Waals surface area contributed by atoms with Crippen molar-refractivity contribution in [1.29, 1.82) is 0 Å². The molecule has 1 aliphatic heterocycles. The lowest BCUT2D eigenvalue weighted by Gasteiger charge is -2.13. The molecule has 8 heteroatoms. The minimum absolute atomic E-state index is 0.316. The minimum Gasteiger partial charge on any atom is -0.478 e. The van der Waals surface area contributed by atoms with Gasteiger partial charge in [0.25, 0.3) is 0 Å². The number of carbonyl (C=O) groups is 4. The van der Waals surface area contributed by atoms with Crippen molar-refractivity contribution in [3.63, 3.8) is 0 Å². The van der Waals surface area contributed by atoms with Crippen molar-refractivity contribution in [3.05, 3.63) is 82.5 Å². The van der Waals surface area contributed by atoms with E-state index >= 15 is 0 Å². The van der Waals surface area contributed by atoms with Gasteiger partial charge in [-0.2, -0.15) is 0 Å². The van der Waals surface area contributed by atoms with Gasteiger partial charge in [0.1, 0.15) is 0 Å². The molecule has 0 spiro atoms. The molecular weight excluding hydrogens is 392 g/mol. The lowest BCUT2D eigenvalue weighted by molar-refractivity contribution is -0.140. The standard InChI is InChI=1S/C22H20O8/c1-2-6-16-17(19(30-22(16)29)13-7-4-3-5-8-13)12-15(21(27)28)11-14(20(25)26)9-10-18(23)24/h3-5,7-12,19H,2,6H2,1H3,(H,23,24)(H,25,26)(H,27,28)/b10-9+,14-11+,15-12+. The Bertz CT molecular complexity index is 980. The van der Waals surface area contributed by atoms with Crippen molar-refractivity contribution < 1.29 is 39.2 Å². The molecular formula is C22H20O8. The predicted octanol–water partition coefficient (Wildman–Crippen LogP) is 3.04. The van der Waals surface area contributed by atoms with Gasteiger partial charge >= 0.3 is 23.9 Å². The molecule has 0 radical (unpaired) electrons. The third-order valence-corrected chi connectivity index (χ3v) is 4.23. The van der Waals surface area contributed by atoms with Gasteiger partial charge in [-0.05, 0) is 30.2 Å². The monoisotopic (exact) mass is 412 g/mol. The summed E-state index contributed by atoms with van der Waals surface area (Å²) in [6, 6.07) is 8.75. The van der Waals surface area contributed by atoms with Crippen molar-refractivity contribution in [3.8, 4) is 0 Å². The Morgan fingerprint density at radius 1 is 1.00 bits per heavy atom. The van der Waals surface area contributed by atoms with Gasteiger partial charge in [0.2, 0.25) is 0 Å². The Morgan fingerprint density at radius 2 is 1.63 bits per heavy atom. The molecule has 1 aromatic rings. The van der Waals surface area contributed by atoms with Gasteiger partial charge in [0, 0.05) is 17.2 Å². The number of benzene rings is 1. The van der Waals surface area contributed by atoms with Crippen LogP contribution in [0.2, 0.25) is 0 Å². The van der Waals surface area contributed by atoms with Gasteiger partial charge in [0.05, 0.1) is 11.1 Å². The number of ether oxygens (including phenoxy) is 1. The molecule has 3 N–H and O–H groups in total. The van der Waals surface area contributed by atoms with Gasteiger partial charge in [-0.25, -0.2) is 19.2 Å². The molecule has 1 aliphatic rings. The van der Waals surface area contributed by atoms with E-state index in [1.165, 1.54) is 6.08 Å². The quantitative estimate of drug-likeness (QED) is 0.320. The van der Waals surface area contributed by atoms with Crippen LogP contribution in [0.4, 0.5) is 0 Å². The number of carbonyl (C=O) groups excluding carboxylic acids is 1. The molecule has 1 aromatic carbocycles. The zero-order valence-electron chi connectivity index (χ0n) is 16.1. The number of carboxylic acids is 3. The average Bonchev–Trinajstić information content (AvgIpc) is 3.00. The molecule has 8 nitrogen and oxygen atoms in total. The first-order valence-electron chi connectivity index (χ1n) is 9.04. The Labute approximate surface area is 172 Å². The highest BCUT2D eigenvalue weighted by atomic mass is 16.5. The van der Waals surface area contributed by atoms with Crippen LogP contribution in [-0.2, 0) is 23.9 Å². The maximum Gasteiger partial charge on any atom is 0.335 e. The highest BCUT2D eigenvalue weighted by molar-refractivity contribution is 5.99. The van der Waals surface area contributed by atoms with Crippen molar-refractivity contribution in [2.45, 2.75) is 25.9 Å². The summed E-state index contributed by atoms with van der Waals surface area (Å²) in [6.07, 6.45) is 3.56. The molecule has 156 valence electrons. The number of carboxylic acid groups (broad SMARTS) is 3. The number of cyclic esters (lactones) is 1. The van der Waals surface area contributed by atoms with E-state index in [0.717, 1.165) is 12.2 Å². The highest BCUT2D eigenvalue weighted by Crippen LogP contribution is 2.38. The third kappa shape index (κ3) is 5.54. The average molecular weight is 412 g/mol. The second-order valence-electron chi connectivity index (χ2n) is 6.36. The molecule has 1 heterocycles. The largest absolute Gasteiger partial charge is 0.478 e. The van der Waals surface area contributed by atoms with Crippen molar-refractivity contribution in [2.75, 3.05) is 0 Å². The van der Waals surface area contributed by atoms with Crippen LogP contribution in [0, 0.1) is 0 Å². The second-order valence-corrected chi connectivity index (χ2v) is 6.36. The minimum atomic E-state index is -1.50. The highest BCUT2D eigenvalue weighted by Gasteiger charge is 2.33. The summed E-state index contributed by atoms with van der Waals surface area (Å²) in [5, 5.41) is 27.6. The van der Waals surface area contributed by atoms with Crippen LogP contribution >= 0.6 is 0 Å². The number of hydrogen-bond donors (Lipinski definition) is 3. The molecule has 1 atom stereocenters. The van der Waals surface area contributed by atoms with E-state index in [-0.39, 0.29) is 0 Å². The van der Waals surface area contributed by atoms with Crippen LogP contribution in [0.15, 0.2) is 76.9 Å². The molecule has 0 saturated carbocycles. The fourth-order valence-corrected chi connectivity index (χ4v) is 2.89. The Kier molecular flexibility index (Phi) is 7.46. The van der Waals surface area contributed by atoms with E-state index < -0.39 is 41.1 Å². The van der Waals surface area contributed by atoms with Crippen LogP contribution in [0.3, 0.4) is 0 Å². The number of hydrogen-bond acceptors (Lipinski definition) is 5. The van der Waals surface area contributed by atoms with Gasteiger partial charge < -0.3 is 20.1 Å². The topological polar surface area (TPSA) is 138 Å². The normalized spacial score (nSPS) is 17.4. The smallest absolute Gasteiger partial charge is 0.335 e. The molecule has 0 saturated heterocycles. The summed E-state index contributed by atoms with van der Waals surface area (Å²) in [4.78, 5) is 46.2. The summed E-state index contributed by atoms with van der Waals surface area (Å²) in [5.41, 5.74) is 0.321. The predicted molar refractivity (Wildman–Crippen MR) is 105 cm³/mol. The molecule has 0 fully saturated rings. The van der Waals surface area contributed by atoms with E-state index in [1.807, 2.05) is 6.92 Å². The summed E-state index contributed by atoms with van der Waals surface area (Å²) in [5.74, 6) is -4.88. The number of aliphatic carboxylic acids is 3. The van der Waals surface area contributed by atoms with E-state index in [9.17, 15) is 29.4 Å². The molecule has 2 rings (SSSR count). The van der Waals surface area contributed by atoms with E-state index in [4.69, 9.17) is 9.84 Å². The van der Waals surface area contributed by atoms with Crippen LogP contribution in [0.1, 0.15) is 31.4 Å². The molecule has 0 bridgehead atoms. The van der Waals surface area contributed by atoms with E-state index in [1.54, 1.807) is 30.3 Å². The van der Waals surface area contributed by atoms with Crippen molar-refractivity contribution in [2.24, 2.45) is 0 Å². The summed E-state index contributed by atoms with van der Waals surface area (Å²) >= 11 is 0. The van der Waals surface area contributed by atoms with Crippen molar-refractivity contribution >= 4 is 23.9 Å². The number of esters is 1. The third-order valence-electron chi connectivity index (χ3n) is 4.23. The van der Waals surface area contributed by atoms with Gasteiger partial charge in [-0.3, -0.25) is 0 Å². The van der Waals surface area contributed by atoms with Gasteiger partial charge in [0.15, 0.2) is 6.10 Å². The first kappa shape index (κ1) is 22.4. The first-order chi connectivity index (χ1) is 14.2. The SMILES string of the molecule is CCCC1=C(\C=C(/C=C(\C=C\C(=O)O)C(=O)O)C(=O)O)C(c2ccccc2)OC1=O. The van der Waals surface area contributed by atoms with Gasteiger partial charge in [-0.15, -0.1) is 0 Å². The number of rotatable bonds is 9. The fraction of sp³-hybridized carbons (Fsp3) is 0.182.